The number of rotatable bonds is 6. The number of aryl methyl sites for hydroxylation is 1. The number of nitrogens with one attached hydrogen (secondary N) is 1. The number of hydrogen-bond donors (Lipinski definition) is 2. The number of carboxylic acid groups (broad SMARTS) is 1. The van der Waals surface area contributed by atoms with E-state index >= 15 is 0 Å². The molecule has 5 heteroatoms. The van der Waals surface area contributed by atoms with Crippen molar-refractivity contribution in [2.24, 2.45) is 5.92 Å². The summed E-state index contributed by atoms with van der Waals surface area (Å²) < 4.78 is 5.85. The Bertz CT molecular complexity index is 1120. The van der Waals surface area contributed by atoms with E-state index in [1.807, 2.05) is 18.3 Å². The zero-order valence-electron chi connectivity index (χ0n) is 19.7. The number of ether oxygens (including phenoxy) is 1. The van der Waals surface area contributed by atoms with E-state index in [1.54, 1.807) is 19.2 Å². The number of aromatic amines is 1. The average molecular weight is 435 g/mol. The number of fused-ring (bicyclic) bond motifs is 1. The monoisotopic (exact) mass is 434 g/mol. The standard InChI is InChI=1S/C27H34N2O3/c1-6-21-13-17(2)15-27(4,20-9-7-19(8-10-20)26(30)31)29(21)16-23-22-11-12-28-25(22)18(3)14-24(23)32-5/h7-12,14,17,21,28H,6,13,15-16H2,1-5H3,(H,30,31)/t17-,21+,27?/m1/s1. The summed E-state index contributed by atoms with van der Waals surface area (Å²) in [6.45, 7) is 9.80. The number of benzene rings is 2. The molecular formula is C27H34N2O3. The molecule has 1 unspecified atom stereocenters. The summed E-state index contributed by atoms with van der Waals surface area (Å²) in [6, 6.07) is 12.2. The van der Waals surface area contributed by atoms with Crippen LogP contribution in [0, 0.1) is 12.8 Å². The fourth-order valence-electron chi connectivity index (χ4n) is 5.77. The second kappa shape index (κ2) is 8.62. The van der Waals surface area contributed by atoms with Crippen molar-refractivity contribution in [3.8, 4) is 5.75 Å². The van der Waals surface area contributed by atoms with Crippen molar-refractivity contribution in [1.29, 1.82) is 0 Å². The number of nitrogens with zero attached hydrogens (tertiary/aromatic N) is 1. The Morgan fingerprint density at radius 3 is 2.62 bits per heavy atom. The quantitative estimate of drug-likeness (QED) is 0.491. The molecule has 5 nitrogen and oxygen atoms in total. The molecule has 0 saturated carbocycles. The smallest absolute Gasteiger partial charge is 0.335 e. The van der Waals surface area contributed by atoms with E-state index in [4.69, 9.17) is 4.74 Å². The summed E-state index contributed by atoms with van der Waals surface area (Å²) in [7, 11) is 1.75. The summed E-state index contributed by atoms with van der Waals surface area (Å²) >= 11 is 0. The van der Waals surface area contributed by atoms with Crippen molar-refractivity contribution in [3.63, 3.8) is 0 Å². The maximum absolute atomic E-state index is 11.4. The van der Waals surface area contributed by atoms with E-state index in [1.165, 1.54) is 22.1 Å². The summed E-state index contributed by atoms with van der Waals surface area (Å²) in [6.07, 6.45) is 5.25. The normalized spacial score (nSPS) is 24.0. The zero-order valence-corrected chi connectivity index (χ0v) is 19.7. The number of methoxy groups -OCH3 is 1. The second-order valence-electron chi connectivity index (χ2n) is 9.53. The summed E-state index contributed by atoms with van der Waals surface area (Å²) in [4.78, 5) is 17.4. The number of carbonyl (C=O) groups is 1. The van der Waals surface area contributed by atoms with E-state index in [-0.39, 0.29) is 5.54 Å². The Balaban J connectivity index is 1.82. The predicted octanol–water partition coefficient (Wildman–Crippen LogP) is 6.11. The molecule has 4 rings (SSSR count). The van der Waals surface area contributed by atoms with E-state index in [2.05, 4.69) is 49.7 Å². The Morgan fingerprint density at radius 1 is 1.28 bits per heavy atom. The van der Waals surface area contributed by atoms with Gasteiger partial charge >= 0.3 is 5.97 Å². The lowest BCUT2D eigenvalue weighted by Crippen LogP contribution is -2.54. The Kier molecular flexibility index (Phi) is 6.04. The van der Waals surface area contributed by atoms with Crippen LogP contribution in [0.4, 0.5) is 0 Å². The van der Waals surface area contributed by atoms with Crippen molar-refractivity contribution in [1.82, 2.24) is 9.88 Å². The van der Waals surface area contributed by atoms with Gasteiger partial charge in [0.05, 0.1) is 12.7 Å². The number of likely N-dealkylation sites (tertiary alicyclic amines) is 1. The Hall–Kier alpha value is -2.79. The highest BCUT2D eigenvalue weighted by Gasteiger charge is 2.43. The molecule has 32 heavy (non-hydrogen) atoms. The molecule has 2 aromatic carbocycles. The zero-order chi connectivity index (χ0) is 23.0. The van der Waals surface area contributed by atoms with Crippen LogP contribution in [0.1, 0.15) is 67.1 Å². The van der Waals surface area contributed by atoms with Gasteiger partial charge in [-0.1, -0.05) is 26.0 Å². The molecular weight excluding hydrogens is 400 g/mol. The molecule has 1 fully saturated rings. The van der Waals surface area contributed by atoms with Gasteiger partial charge < -0.3 is 14.8 Å². The van der Waals surface area contributed by atoms with Gasteiger partial charge in [-0.05, 0) is 74.4 Å². The first-order valence-corrected chi connectivity index (χ1v) is 11.5. The van der Waals surface area contributed by atoms with Crippen molar-refractivity contribution >= 4 is 16.9 Å². The topological polar surface area (TPSA) is 65.6 Å². The number of piperidine rings is 1. The molecule has 3 atom stereocenters. The van der Waals surface area contributed by atoms with E-state index in [9.17, 15) is 9.90 Å². The van der Waals surface area contributed by atoms with Crippen LogP contribution in [0.15, 0.2) is 42.6 Å². The molecule has 1 aliphatic heterocycles. The number of H-pyrrole nitrogens is 1. The summed E-state index contributed by atoms with van der Waals surface area (Å²) in [5.41, 5.74) is 4.84. The molecule has 170 valence electrons. The summed E-state index contributed by atoms with van der Waals surface area (Å²) in [5, 5.41) is 10.6. The molecule has 0 aliphatic carbocycles. The lowest BCUT2D eigenvalue weighted by Gasteiger charge is -2.52. The Labute approximate surface area is 190 Å². The average Bonchev–Trinajstić information content (AvgIpc) is 3.27. The molecule has 0 radical (unpaired) electrons. The first-order chi connectivity index (χ1) is 15.3. The molecule has 0 spiro atoms. The van der Waals surface area contributed by atoms with Crippen molar-refractivity contribution in [3.05, 3.63) is 64.8 Å². The molecule has 0 amide bonds. The largest absolute Gasteiger partial charge is 0.496 e. The van der Waals surface area contributed by atoms with Gasteiger partial charge in [0.15, 0.2) is 0 Å². The highest BCUT2D eigenvalue weighted by Crippen LogP contribution is 2.46. The molecule has 2 heterocycles. The van der Waals surface area contributed by atoms with Gasteiger partial charge in [0.25, 0.3) is 0 Å². The molecule has 3 aromatic rings. The molecule has 0 bridgehead atoms. The fraction of sp³-hybridized carbons (Fsp3) is 0.444. The number of carboxylic acids is 1. The maximum atomic E-state index is 11.4. The molecule has 2 N–H and O–H groups in total. The minimum atomic E-state index is -0.888. The van der Waals surface area contributed by atoms with Crippen LogP contribution < -0.4 is 4.74 Å². The molecule has 1 saturated heterocycles. The number of hydrogen-bond acceptors (Lipinski definition) is 3. The minimum absolute atomic E-state index is 0.200. The highest BCUT2D eigenvalue weighted by atomic mass is 16.5. The van der Waals surface area contributed by atoms with Crippen LogP contribution in [-0.2, 0) is 12.1 Å². The van der Waals surface area contributed by atoms with Crippen molar-refractivity contribution < 1.29 is 14.6 Å². The van der Waals surface area contributed by atoms with Gasteiger partial charge in [-0.2, -0.15) is 0 Å². The van der Waals surface area contributed by atoms with Gasteiger partial charge in [0.2, 0.25) is 0 Å². The minimum Gasteiger partial charge on any atom is -0.496 e. The molecule has 1 aromatic heterocycles. The third-order valence-corrected chi connectivity index (χ3v) is 7.38. The lowest BCUT2D eigenvalue weighted by atomic mass is 9.74. The van der Waals surface area contributed by atoms with Crippen molar-refractivity contribution in [2.75, 3.05) is 7.11 Å². The first-order valence-electron chi connectivity index (χ1n) is 11.5. The van der Waals surface area contributed by atoms with Gasteiger partial charge in [-0.3, -0.25) is 4.90 Å². The number of aromatic nitrogens is 1. The molecule has 1 aliphatic rings. The first kappa shape index (κ1) is 22.4. The predicted molar refractivity (Wildman–Crippen MR) is 128 cm³/mol. The number of aromatic carboxylic acids is 1. The van der Waals surface area contributed by atoms with Gasteiger partial charge in [-0.15, -0.1) is 0 Å². The van der Waals surface area contributed by atoms with E-state index < -0.39 is 5.97 Å². The van der Waals surface area contributed by atoms with Crippen LogP contribution in [0.25, 0.3) is 10.9 Å². The fourth-order valence-corrected chi connectivity index (χ4v) is 5.77. The van der Waals surface area contributed by atoms with Gasteiger partial charge in [0.1, 0.15) is 5.75 Å². The van der Waals surface area contributed by atoms with Crippen LogP contribution >= 0.6 is 0 Å². The van der Waals surface area contributed by atoms with Crippen LogP contribution in [-0.4, -0.2) is 34.1 Å². The lowest BCUT2D eigenvalue weighted by molar-refractivity contribution is -0.0239. The highest BCUT2D eigenvalue weighted by molar-refractivity contribution is 5.88. The maximum Gasteiger partial charge on any atom is 0.335 e. The van der Waals surface area contributed by atoms with Crippen LogP contribution in [0.2, 0.25) is 0 Å². The van der Waals surface area contributed by atoms with Gasteiger partial charge in [-0.25, -0.2) is 4.79 Å². The SMILES string of the molecule is CC[C@H]1C[C@@H](C)CC(C)(c2ccc(C(=O)O)cc2)N1Cc1c(OC)cc(C)c2[nH]ccc12. The Morgan fingerprint density at radius 2 is 2.00 bits per heavy atom. The van der Waals surface area contributed by atoms with E-state index in [0.29, 0.717) is 17.5 Å². The second-order valence-corrected chi connectivity index (χ2v) is 9.53. The van der Waals surface area contributed by atoms with E-state index in [0.717, 1.165) is 37.1 Å². The third-order valence-electron chi connectivity index (χ3n) is 7.38. The van der Waals surface area contributed by atoms with Crippen LogP contribution in [0.5, 0.6) is 5.75 Å². The van der Waals surface area contributed by atoms with Crippen LogP contribution in [0.3, 0.4) is 0 Å². The van der Waals surface area contributed by atoms with Crippen molar-refractivity contribution in [2.45, 2.75) is 65.1 Å². The summed E-state index contributed by atoms with van der Waals surface area (Å²) in [5.74, 6) is 0.625. The van der Waals surface area contributed by atoms with Gasteiger partial charge in [0, 0.05) is 40.8 Å². The third kappa shape index (κ3) is 3.79.